The summed E-state index contributed by atoms with van der Waals surface area (Å²) in [6.07, 6.45) is 0.906. The van der Waals surface area contributed by atoms with Gasteiger partial charge in [0.1, 0.15) is 6.04 Å². The molecule has 1 atom stereocenters. The fourth-order valence-corrected chi connectivity index (χ4v) is 4.20. The zero-order valence-electron chi connectivity index (χ0n) is 16.2. The second-order valence-electron chi connectivity index (χ2n) is 6.71. The van der Waals surface area contributed by atoms with Crippen LogP contribution in [0.25, 0.3) is 0 Å². The molecule has 2 aromatic rings. The van der Waals surface area contributed by atoms with Gasteiger partial charge in [-0.05, 0) is 55.7 Å². The fourth-order valence-electron chi connectivity index (χ4n) is 3.28. The van der Waals surface area contributed by atoms with Crippen LogP contribution in [0.1, 0.15) is 18.9 Å². The number of rotatable bonds is 5. The van der Waals surface area contributed by atoms with E-state index in [2.05, 4.69) is 21.0 Å². The number of methoxy groups -OCH3 is 1. The lowest BCUT2D eigenvalue weighted by atomic mass is 10.00. The van der Waals surface area contributed by atoms with Crippen molar-refractivity contribution in [2.24, 2.45) is 0 Å². The average Bonchev–Trinajstić information content (AvgIpc) is 2.72. The molecule has 2 N–H and O–H groups in total. The number of nitrogens with one attached hydrogen (secondary N) is 2. The Bertz CT molecular complexity index is 1010. The smallest absolute Gasteiger partial charge is 0.420 e. The van der Waals surface area contributed by atoms with Crippen LogP contribution in [0, 0.1) is 0 Å². The summed E-state index contributed by atoms with van der Waals surface area (Å²) in [5, 5.41) is 2.81. The van der Waals surface area contributed by atoms with Crippen molar-refractivity contribution in [2.75, 3.05) is 23.9 Å². The first kappa shape index (κ1) is 20.7. The van der Waals surface area contributed by atoms with Crippen LogP contribution in [0.2, 0.25) is 0 Å². The van der Waals surface area contributed by atoms with Crippen molar-refractivity contribution < 1.29 is 22.7 Å². The second-order valence-corrected chi connectivity index (χ2v) is 8.39. The Morgan fingerprint density at radius 2 is 1.79 bits per heavy atom. The van der Waals surface area contributed by atoms with E-state index in [9.17, 15) is 18.0 Å². The van der Waals surface area contributed by atoms with E-state index in [1.54, 1.807) is 4.72 Å². The van der Waals surface area contributed by atoms with Crippen molar-refractivity contribution in [2.45, 2.75) is 30.7 Å². The molecule has 9 heteroatoms. The van der Waals surface area contributed by atoms with Gasteiger partial charge in [-0.2, -0.15) is 0 Å². The summed E-state index contributed by atoms with van der Waals surface area (Å²) in [6.45, 7) is 2.64. The maximum Gasteiger partial charge on any atom is 0.420 e. The average molecular weight is 417 g/mol. The third-order valence-corrected chi connectivity index (χ3v) is 6.16. The number of nitrogens with zero attached hydrogens (tertiary/aromatic N) is 1. The van der Waals surface area contributed by atoms with E-state index in [-0.39, 0.29) is 16.8 Å². The van der Waals surface area contributed by atoms with E-state index in [1.807, 2.05) is 25.1 Å². The first-order valence-electron chi connectivity index (χ1n) is 9.18. The summed E-state index contributed by atoms with van der Waals surface area (Å²) < 4.78 is 30.2. The van der Waals surface area contributed by atoms with E-state index >= 15 is 0 Å². The van der Waals surface area contributed by atoms with E-state index < -0.39 is 16.1 Å². The lowest BCUT2D eigenvalue weighted by Crippen LogP contribution is -2.44. The van der Waals surface area contributed by atoms with Crippen LogP contribution >= 0.6 is 0 Å². The number of aryl methyl sites for hydroxylation is 1. The van der Waals surface area contributed by atoms with Gasteiger partial charge < -0.3 is 15.0 Å². The Hall–Kier alpha value is -3.07. The van der Waals surface area contributed by atoms with E-state index in [1.165, 1.54) is 29.8 Å². The monoisotopic (exact) mass is 417 g/mol. The zero-order valence-corrected chi connectivity index (χ0v) is 17.0. The van der Waals surface area contributed by atoms with E-state index in [0.29, 0.717) is 5.69 Å². The highest BCUT2D eigenvalue weighted by molar-refractivity contribution is 7.90. The molecule has 2 amide bonds. The van der Waals surface area contributed by atoms with Crippen LogP contribution in [0.15, 0.2) is 53.4 Å². The number of carbonyl (C=O) groups excluding carboxylic acids is 2. The molecular weight excluding hydrogens is 394 g/mol. The summed E-state index contributed by atoms with van der Waals surface area (Å²) in [6, 6.07) is 13.2. The van der Waals surface area contributed by atoms with Crippen LogP contribution < -0.4 is 14.9 Å². The van der Waals surface area contributed by atoms with E-state index in [0.717, 1.165) is 32.2 Å². The van der Waals surface area contributed by atoms with Crippen molar-refractivity contribution in [3.8, 4) is 0 Å². The largest absolute Gasteiger partial charge is 0.452 e. The van der Waals surface area contributed by atoms with Gasteiger partial charge in [0, 0.05) is 17.9 Å². The lowest BCUT2D eigenvalue weighted by molar-refractivity contribution is -0.117. The summed E-state index contributed by atoms with van der Waals surface area (Å²) in [4.78, 5) is 25.9. The summed E-state index contributed by atoms with van der Waals surface area (Å²) in [5.74, 6) is -0.190. The maximum atomic E-state index is 12.7. The molecule has 1 aliphatic heterocycles. The predicted octanol–water partition coefficient (Wildman–Crippen LogP) is 2.51. The minimum atomic E-state index is -4.03. The van der Waals surface area contributed by atoms with Gasteiger partial charge in [0.25, 0.3) is 10.0 Å². The van der Waals surface area contributed by atoms with Gasteiger partial charge in [0.2, 0.25) is 5.91 Å². The maximum absolute atomic E-state index is 12.7. The molecule has 0 spiro atoms. The van der Waals surface area contributed by atoms with Gasteiger partial charge in [-0.25, -0.2) is 17.9 Å². The normalized spacial score (nSPS) is 14.5. The molecule has 0 bridgehead atoms. The number of sulfonamides is 1. The topological polar surface area (TPSA) is 105 Å². The third-order valence-electron chi connectivity index (χ3n) is 4.83. The Morgan fingerprint density at radius 1 is 1.10 bits per heavy atom. The van der Waals surface area contributed by atoms with Crippen molar-refractivity contribution >= 4 is 33.4 Å². The van der Waals surface area contributed by atoms with Gasteiger partial charge in [-0.15, -0.1) is 0 Å². The standard InChI is InChI=1S/C20H23N3O5S/c1-14(23-13-5-7-15-6-3-4-8-18(15)23)19(24)21-16-9-11-17(12-10-16)29(26,27)22-20(25)28-2/h3-4,6,8-12,14H,5,7,13H2,1-2H3,(H,21,24)(H,22,25)/t14-/m0/s1. The molecule has 0 aliphatic carbocycles. The number of carbonyl (C=O) groups is 2. The molecule has 3 rings (SSSR count). The van der Waals surface area contributed by atoms with Crippen molar-refractivity contribution in [3.63, 3.8) is 0 Å². The number of hydrogen-bond donors (Lipinski definition) is 2. The molecule has 0 fully saturated rings. The van der Waals surface area contributed by atoms with Crippen LogP contribution in [-0.4, -0.2) is 40.1 Å². The summed E-state index contributed by atoms with van der Waals surface area (Å²) in [7, 11) is -2.95. The molecule has 0 unspecified atom stereocenters. The number of hydrogen-bond acceptors (Lipinski definition) is 6. The van der Waals surface area contributed by atoms with Gasteiger partial charge in [0.15, 0.2) is 0 Å². The molecule has 8 nitrogen and oxygen atoms in total. The van der Waals surface area contributed by atoms with Gasteiger partial charge in [0.05, 0.1) is 12.0 Å². The van der Waals surface area contributed by atoms with Gasteiger partial charge in [-0.3, -0.25) is 4.79 Å². The molecular formula is C20H23N3O5S. The number of para-hydroxylation sites is 1. The first-order valence-corrected chi connectivity index (χ1v) is 10.7. The minimum absolute atomic E-state index is 0.112. The number of anilines is 2. The highest BCUT2D eigenvalue weighted by Crippen LogP contribution is 2.28. The SMILES string of the molecule is COC(=O)NS(=O)(=O)c1ccc(NC(=O)[C@H](C)N2CCCc3ccccc32)cc1. The molecule has 29 heavy (non-hydrogen) atoms. The Labute approximate surface area is 169 Å². The fraction of sp³-hybridized carbons (Fsp3) is 0.300. The Kier molecular flexibility index (Phi) is 6.07. The first-order chi connectivity index (χ1) is 13.8. The number of ether oxygens (including phenoxy) is 1. The molecule has 0 saturated carbocycles. The van der Waals surface area contributed by atoms with E-state index in [4.69, 9.17) is 0 Å². The third kappa shape index (κ3) is 4.68. The molecule has 0 saturated heterocycles. The highest BCUT2D eigenvalue weighted by atomic mass is 32.2. The lowest BCUT2D eigenvalue weighted by Gasteiger charge is -2.35. The molecule has 0 aromatic heterocycles. The minimum Gasteiger partial charge on any atom is -0.452 e. The molecule has 2 aromatic carbocycles. The Balaban J connectivity index is 1.69. The van der Waals surface area contributed by atoms with Crippen LogP contribution in [0.4, 0.5) is 16.2 Å². The van der Waals surface area contributed by atoms with Crippen molar-refractivity contribution in [1.29, 1.82) is 0 Å². The number of fused-ring (bicyclic) bond motifs is 1. The molecule has 1 heterocycles. The second kappa shape index (κ2) is 8.52. The van der Waals surface area contributed by atoms with Crippen LogP contribution in [0.3, 0.4) is 0 Å². The zero-order chi connectivity index (χ0) is 21.0. The number of amides is 2. The predicted molar refractivity (Wildman–Crippen MR) is 109 cm³/mol. The number of benzene rings is 2. The molecule has 1 aliphatic rings. The van der Waals surface area contributed by atoms with Crippen LogP contribution in [-0.2, 0) is 26.0 Å². The molecule has 0 radical (unpaired) electrons. The van der Waals surface area contributed by atoms with Gasteiger partial charge in [-0.1, -0.05) is 18.2 Å². The van der Waals surface area contributed by atoms with Crippen molar-refractivity contribution in [3.05, 3.63) is 54.1 Å². The Morgan fingerprint density at radius 3 is 2.48 bits per heavy atom. The summed E-state index contributed by atoms with van der Waals surface area (Å²) in [5.41, 5.74) is 2.76. The van der Waals surface area contributed by atoms with Gasteiger partial charge >= 0.3 is 6.09 Å². The van der Waals surface area contributed by atoms with Crippen molar-refractivity contribution in [1.82, 2.24) is 4.72 Å². The summed E-state index contributed by atoms with van der Waals surface area (Å²) >= 11 is 0. The molecule has 154 valence electrons. The highest BCUT2D eigenvalue weighted by Gasteiger charge is 2.26. The van der Waals surface area contributed by atoms with Crippen LogP contribution in [0.5, 0.6) is 0 Å². The quantitative estimate of drug-likeness (QED) is 0.775.